The fourth-order valence-corrected chi connectivity index (χ4v) is 3.75. The molecule has 150 valence electrons. The minimum Gasteiger partial charge on any atom is -0.379 e. The Balaban J connectivity index is 1.61. The standard InChI is InChI=1S/C22H28BrN3OS/c1-18-3-5-19(6-4-18)17-26(12-2-11-25-13-15-27-16-14-25)22(28)24-21-9-7-20(23)8-10-21/h3-10H,2,11-17H2,1H3,(H,24,28). The molecule has 0 amide bonds. The third-order valence-electron chi connectivity index (χ3n) is 4.88. The monoisotopic (exact) mass is 461 g/mol. The molecule has 0 radical (unpaired) electrons. The first-order chi connectivity index (χ1) is 13.6. The molecule has 0 atom stereocenters. The van der Waals surface area contributed by atoms with E-state index in [-0.39, 0.29) is 0 Å². The summed E-state index contributed by atoms with van der Waals surface area (Å²) in [7, 11) is 0. The summed E-state index contributed by atoms with van der Waals surface area (Å²) in [4.78, 5) is 4.74. The lowest BCUT2D eigenvalue weighted by molar-refractivity contribution is 0.0368. The van der Waals surface area contributed by atoms with E-state index in [1.807, 2.05) is 24.3 Å². The molecule has 0 spiro atoms. The fourth-order valence-electron chi connectivity index (χ4n) is 3.21. The van der Waals surface area contributed by atoms with E-state index in [1.54, 1.807) is 0 Å². The van der Waals surface area contributed by atoms with Crippen LogP contribution in [-0.4, -0.2) is 54.3 Å². The van der Waals surface area contributed by atoms with Crippen LogP contribution in [0.25, 0.3) is 0 Å². The third kappa shape index (κ3) is 6.85. The second kappa shape index (κ2) is 10.9. The molecule has 1 N–H and O–H groups in total. The summed E-state index contributed by atoms with van der Waals surface area (Å²) < 4.78 is 6.50. The number of ether oxygens (including phenoxy) is 1. The van der Waals surface area contributed by atoms with E-state index in [2.05, 4.69) is 62.2 Å². The predicted molar refractivity (Wildman–Crippen MR) is 124 cm³/mol. The Morgan fingerprint density at radius 2 is 1.79 bits per heavy atom. The molecule has 2 aromatic rings. The van der Waals surface area contributed by atoms with Crippen molar-refractivity contribution in [3.8, 4) is 0 Å². The summed E-state index contributed by atoms with van der Waals surface area (Å²) in [5.74, 6) is 0. The number of halogens is 1. The first kappa shape index (κ1) is 21.2. The van der Waals surface area contributed by atoms with Crippen LogP contribution in [0.5, 0.6) is 0 Å². The lowest BCUT2D eigenvalue weighted by Crippen LogP contribution is -2.40. The van der Waals surface area contributed by atoms with Gasteiger partial charge in [-0.15, -0.1) is 0 Å². The first-order valence-electron chi connectivity index (χ1n) is 9.77. The average molecular weight is 462 g/mol. The van der Waals surface area contributed by atoms with Gasteiger partial charge in [-0.25, -0.2) is 0 Å². The van der Waals surface area contributed by atoms with Gasteiger partial charge in [0.05, 0.1) is 13.2 Å². The number of aryl methyl sites for hydroxylation is 1. The van der Waals surface area contributed by atoms with E-state index in [0.29, 0.717) is 0 Å². The zero-order valence-electron chi connectivity index (χ0n) is 16.4. The Hall–Kier alpha value is -1.47. The van der Waals surface area contributed by atoms with Gasteiger partial charge in [0.1, 0.15) is 0 Å². The molecule has 2 aromatic carbocycles. The first-order valence-corrected chi connectivity index (χ1v) is 11.0. The Bertz CT molecular complexity index is 745. The van der Waals surface area contributed by atoms with E-state index in [1.165, 1.54) is 11.1 Å². The number of benzene rings is 2. The largest absolute Gasteiger partial charge is 0.379 e. The number of nitrogens with zero attached hydrogens (tertiary/aromatic N) is 2. The van der Waals surface area contributed by atoms with Crippen molar-refractivity contribution in [3.63, 3.8) is 0 Å². The van der Waals surface area contributed by atoms with Crippen LogP contribution in [-0.2, 0) is 11.3 Å². The van der Waals surface area contributed by atoms with Gasteiger partial charge in [0.2, 0.25) is 0 Å². The number of anilines is 1. The minimum absolute atomic E-state index is 0.768. The van der Waals surface area contributed by atoms with Gasteiger partial charge in [0, 0.05) is 42.9 Å². The highest BCUT2D eigenvalue weighted by atomic mass is 79.9. The van der Waals surface area contributed by atoms with E-state index < -0.39 is 0 Å². The maximum atomic E-state index is 5.75. The topological polar surface area (TPSA) is 27.7 Å². The second-order valence-corrected chi connectivity index (χ2v) is 8.45. The van der Waals surface area contributed by atoms with Crippen LogP contribution >= 0.6 is 28.1 Å². The van der Waals surface area contributed by atoms with Crippen molar-refractivity contribution in [1.82, 2.24) is 9.80 Å². The molecule has 4 nitrogen and oxygen atoms in total. The number of rotatable bonds is 7. The molecule has 0 bridgehead atoms. The molecule has 1 saturated heterocycles. The van der Waals surface area contributed by atoms with Crippen LogP contribution in [0.3, 0.4) is 0 Å². The summed E-state index contributed by atoms with van der Waals surface area (Å²) in [6.45, 7) is 8.67. The molecule has 1 aliphatic heterocycles. The van der Waals surface area contributed by atoms with Crippen molar-refractivity contribution in [2.24, 2.45) is 0 Å². The van der Waals surface area contributed by atoms with Crippen LogP contribution in [0.4, 0.5) is 5.69 Å². The minimum atomic E-state index is 0.768. The van der Waals surface area contributed by atoms with Crippen molar-refractivity contribution in [2.75, 3.05) is 44.7 Å². The quantitative estimate of drug-likeness (QED) is 0.604. The molecule has 0 aliphatic carbocycles. The third-order valence-corrected chi connectivity index (χ3v) is 5.77. The molecule has 6 heteroatoms. The van der Waals surface area contributed by atoms with Gasteiger partial charge in [-0.3, -0.25) is 4.90 Å². The summed E-state index contributed by atoms with van der Waals surface area (Å²) in [5, 5.41) is 4.16. The van der Waals surface area contributed by atoms with Gasteiger partial charge in [-0.1, -0.05) is 45.8 Å². The van der Waals surface area contributed by atoms with Gasteiger partial charge in [-0.2, -0.15) is 0 Å². The molecule has 1 heterocycles. The van der Waals surface area contributed by atoms with Crippen molar-refractivity contribution in [2.45, 2.75) is 19.9 Å². The molecule has 3 rings (SSSR count). The smallest absolute Gasteiger partial charge is 0.173 e. The Morgan fingerprint density at radius 3 is 2.46 bits per heavy atom. The highest BCUT2D eigenvalue weighted by Crippen LogP contribution is 2.16. The van der Waals surface area contributed by atoms with Gasteiger partial charge in [0.25, 0.3) is 0 Å². The Morgan fingerprint density at radius 1 is 1.11 bits per heavy atom. The number of nitrogens with one attached hydrogen (secondary N) is 1. The SMILES string of the molecule is Cc1ccc(CN(CCCN2CCOCC2)C(=S)Nc2ccc(Br)cc2)cc1. The molecular weight excluding hydrogens is 434 g/mol. The van der Waals surface area contributed by atoms with Crippen LogP contribution in [0.2, 0.25) is 0 Å². The highest BCUT2D eigenvalue weighted by Gasteiger charge is 2.14. The van der Waals surface area contributed by atoms with Crippen LogP contribution < -0.4 is 5.32 Å². The van der Waals surface area contributed by atoms with Crippen molar-refractivity contribution < 1.29 is 4.74 Å². The fraction of sp³-hybridized carbons (Fsp3) is 0.409. The van der Waals surface area contributed by atoms with Crippen molar-refractivity contribution in [3.05, 3.63) is 64.1 Å². The summed E-state index contributed by atoms with van der Waals surface area (Å²) in [6, 6.07) is 16.8. The van der Waals surface area contributed by atoms with Crippen LogP contribution in [0, 0.1) is 6.92 Å². The zero-order chi connectivity index (χ0) is 19.8. The van der Waals surface area contributed by atoms with Gasteiger partial charge in [-0.05, 0) is 55.4 Å². The maximum Gasteiger partial charge on any atom is 0.173 e. The van der Waals surface area contributed by atoms with Crippen molar-refractivity contribution in [1.29, 1.82) is 0 Å². The van der Waals surface area contributed by atoms with Crippen LogP contribution in [0.15, 0.2) is 53.0 Å². The van der Waals surface area contributed by atoms with Gasteiger partial charge < -0.3 is 15.0 Å². The van der Waals surface area contributed by atoms with Crippen LogP contribution in [0.1, 0.15) is 17.5 Å². The lowest BCUT2D eigenvalue weighted by atomic mass is 10.1. The molecule has 0 aromatic heterocycles. The summed E-state index contributed by atoms with van der Waals surface area (Å²) in [6.07, 6.45) is 1.08. The average Bonchev–Trinajstić information content (AvgIpc) is 2.71. The Kier molecular flexibility index (Phi) is 8.27. The maximum absolute atomic E-state index is 5.75. The van der Waals surface area contributed by atoms with E-state index in [0.717, 1.165) is 67.6 Å². The van der Waals surface area contributed by atoms with E-state index in [4.69, 9.17) is 17.0 Å². The molecule has 1 aliphatic rings. The molecule has 1 fully saturated rings. The molecular formula is C22H28BrN3OS. The zero-order valence-corrected chi connectivity index (χ0v) is 18.8. The van der Waals surface area contributed by atoms with E-state index in [9.17, 15) is 0 Å². The number of hydrogen-bond donors (Lipinski definition) is 1. The second-order valence-electron chi connectivity index (χ2n) is 7.15. The van der Waals surface area contributed by atoms with Gasteiger partial charge in [0.15, 0.2) is 5.11 Å². The molecule has 0 saturated carbocycles. The summed E-state index contributed by atoms with van der Waals surface area (Å²) in [5.41, 5.74) is 3.56. The predicted octanol–water partition coefficient (Wildman–Crippen LogP) is 4.68. The van der Waals surface area contributed by atoms with Crippen molar-refractivity contribution >= 4 is 38.9 Å². The molecule has 28 heavy (non-hydrogen) atoms. The lowest BCUT2D eigenvalue weighted by Gasteiger charge is -2.29. The number of morpholine rings is 1. The Labute approximate surface area is 182 Å². The summed E-state index contributed by atoms with van der Waals surface area (Å²) >= 11 is 9.23. The van der Waals surface area contributed by atoms with Gasteiger partial charge >= 0.3 is 0 Å². The number of thiocarbonyl (C=S) groups is 1. The van der Waals surface area contributed by atoms with E-state index >= 15 is 0 Å². The number of hydrogen-bond acceptors (Lipinski definition) is 3. The normalized spacial score (nSPS) is 14.6. The highest BCUT2D eigenvalue weighted by molar-refractivity contribution is 9.10. The molecule has 0 unspecified atom stereocenters.